The molecular weight excluding hydrogens is 553 g/mol. The molecule has 0 radical (unpaired) electrons. The van der Waals surface area contributed by atoms with E-state index >= 15 is 0 Å². The van der Waals surface area contributed by atoms with Gasteiger partial charge in [-0.25, -0.2) is 0 Å². The molecular formula is C26H21Cl2N3O6S. The first-order chi connectivity index (χ1) is 18.0. The molecule has 4 aromatic rings. The molecule has 0 saturated carbocycles. The van der Waals surface area contributed by atoms with Crippen molar-refractivity contribution in [3.63, 3.8) is 0 Å². The number of carbonyl (C=O) groups excluding carboxylic acids is 1. The summed E-state index contributed by atoms with van der Waals surface area (Å²) in [6, 6.07) is 15.4. The SMILES string of the molecule is CCOc1cc(Cl)ccc1NC(=O)c1cc2ccccc2c(N=Nc2cc(Cl)c(C)cc2S(=O)(=O)O)c1O. The van der Waals surface area contributed by atoms with Crippen molar-refractivity contribution >= 4 is 67.1 Å². The Balaban J connectivity index is 1.83. The number of amides is 1. The standard InChI is InChI=1S/C26H21Cl2N3O6S/c1-3-37-22-12-16(27)8-9-20(22)29-26(33)18-11-15-6-4-5-7-17(15)24(25(18)32)31-30-21-13-19(28)14(2)10-23(21)38(34,35)36/h4-13,32H,3H2,1-2H3,(H,29,33)(H,34,35,36). The lowest BCUT2D eigenvalue weighted by molar-refractivity contribution is 0.102. The van der Waals surface area contributed by atoms with Gasteiger partial charge in [0.15, 0.2) is 5.75 Å². The maximum absolute atomic E-state index is 13.3. The largest absolute Gasteiger partial charge is 0.505 e. The first-order valence-corrected chi connectivity index (χ1v) is 13.4. The molecule has 0 spiro atoms. The van der Waals surface area contributed by atoms with E-state index in [0.717, 1.165) is 6.07 Å². The van der Waals surface area contributed by atoms with E-state index in [1.54, 1.807) is 56.3 Å². The van der Waals surface area contributed by atoms with Crippen LogP contribution in [-0.2, 0) is 10.1 Å². The van der Waals surface area contributed by atoms with E-state index in [1.807, 2.05) is 0 Å². The number of carbonyl (C=O) groups is 1. The van der Waals surface area contributed by atoms with Gasteiger partial charge in [0.1, 0.15) is 22.0 Å². The molecule has 1 amide bonds. The number of phenolic OH excluding ortho intramolecular Hbond substituents is 1. The van der Waals surface area contributed by atoms with Crippen molar-refractivity contribution < 1.29 is 27.6 Å². The Bertz CT molecular complexity index is 1710. The molecule has 0 aliphatic heterocycles. The molecule has 196 valence electrons. The fraction of sp³-hybridized carbons (Fsp3) is 0.115. The number of fused-ring (bicyclic) bond motifs is 1. The van der Waals surface area contributed by atoms with E-state index in [2.05, 4.69) is 15.5 Å². The molecule has 0 heterocycles. The highest BCUT2D eigenvalue weighted by molar-refractivity contribution is 7.86. The fourth-order valence-corrected chi connectivity index (χ4v) is 4.70. The Morgan fingerprint density at radius 1 is 1.05 bits per heavy atom. The zero-order valence-electron chi connectivity index (χ0n) is 20.1. The molecule has 4 rings (SSSR count). The summed E-state index contributed by atoms with van der Waals surface area (Å²) >= 11 is 12.2. The third-order valence-corrected chi connectivity index (χ3v) is 7.03. The monoisotopic (exact) mass is 573 g/mol. The fourth-order valence-electron chi connectivity index (χ4n) is 3.69. The van der Waals surface area contributed by atoms with Crippen molar-refractivity contribution in [2.24, 2.45) is 10.2 Å². The Labute approximate surface area is 228 Å². The molecule has 4 aromatic carbocycles. The molecule has 12 heteroatoms. The van der Waals surface area contributed by atoms with E-state index < -0.39 is 26.7 Å². The van der Waals surface area contributed by atoms with E-state index in [4.69, 9.17) is 27.9 Å². The molecule has 0 aliphatic carbocycles. The molecule has 0 saturated heterocycles. The van der Waals surface area contributed by atoms with Gasteiger partial charge in [-0.05, 0) is 55.1 Å². The van der Waals surface area contributed by atoms with Gasteiger partial charge in [-0.1, -0.05) is 47.5 Å². The van der Waals surface area contributed by atoms with Crippen molar-refractivity contribution in [3.05, 3.63) is 81.8 Å². The first-order valence-electron chi connectivity index (χ1n) is 11.2. The van der Waals surface area contributed by atoms with Gasteiger partial charge in [0.05, 0.1) is 17.9 Å². The normalized spacial score (nSPS) is 11.7. The second kappa shape index (κ2) is 11.0. The summed E-state index contributed by atoms with van der Waals surface area (Å²) < 4.78 is 39.0. The minimum atomic E-state index is -4.66. The Morgan fingerprint density at radius 2 is 1.79 bits per heavy atom. The minimum Gasteiger partial charge on any atom is -0.505 e. The van der Waals surface area contributed by atoms with Crippen LogP contribution >= 0.6 is 23.2 Å². The number of azo groups is 1. The second-order valence-corrected chi connectivity index (χ2v) is 10.3. The minimum absolute atomic E-state index is 0.0904. The van der Waals surface area contributed by atoms with E-state index in [0.29, 0.717) is 39.4 Å². The van der Waals surface area contributed by atoms with Crippen LogP contribution in [0.25, 0.3) is 10.8 Å². The van der Waals surface area contributed by atoms with Crippen molar-refractivity contribution in [2.45, 2.75) is 18.7 Å². The number of hydrogen-bond acceptors (Lipinski definition) is 7. The van der Waals surface area contributed by atoms with Crippen LogP contribution in [0, 0.1) is 6.92 Å². The number of benzene rings is 4. The lowest BCUT2D eigenvalue weighted by atomic mass is 10.0. The van der Waals surface area contributed by atoms with Crippen LogP contribution in [0.2, 0.25) is 10.0 Å². The maximum Gasteiger partial charge on any atom is 0.296 e. The van der Waals surface area contributed by atoms with Gasteiger partial charge in [0.25, 0.3) is 16.0 Å². The molecule has 9 nitrogen and oxygen atoms in total. The van der Waals surface area contributed by atoms with Crippen molar-refractivity contribution in [1.29, 1.82) is 0 Å². The number of nitrogens with one attached hydrogen (secondary N) is 1. The number of anilines is 1. The highest BCUT2D eigenvalue weighted by Crippen LogP contribution is 2.41. The lowest BCUT2D eigenvalue weighted by Crippen LogP contribution is -2.13. The molecule has 0 bridgehead atoms. The first kappa shape index (κ1) is 27.3. The van der Waals surface area contributed by atoms with Crippen molar-refractivity contribution in [3.8, 4) is 11.5 Å². The molecule has 0 aliphatic rings. The van der Waals surface area contributed by atoms with E-state index in [1.165, 1.54) is 12.1 Å². The smallest absolute Gasteiger partial charge is 0.296 e. The average Bonchev–Trinajstić information content (AvgIpc) is 2.86. The summed E-state index contributed by atoms with van der Waals surface area (Å²) in [4.78, 5) is 12.7. The number of halogens is 2. The average molecular weight is 574 g/mol. The molecule has 0 aromatic heterocycles. The molecule has 0 atom stereocenters. The number of ether oxygens (including phenoxy) is 1. The number of nitrogens with zero attached hydrogens (tertiary/aromatic N) is 2. The van der Waals surface area contributed by atoms with Gasteiger partial charge in [-0.3, -0.25) is 9.35 Å². The van der Waals surface area contributed by atoms with Gasteiger partial charge < -0.3 is 15.2 Å². The van der Waals surface area contributed by atoms with E-state index in [-0.39, 0.29) is 22.0 Å². The summed E-state index contributed by atoms with van der Waals surface area (Å²) in [6.45, 7) is 3.69. The summed E-state index contributed by atoms with van der Waals surface area (Å²) in [5, 5.41) is 23.5. The summed E-state index contributed by atoms with van der Waals surface area (Å²) in [7, 11) is -4.66. The number of hydrogen-bond donors (Lipinski definition) is 3. The zero-order chi connectivity index (χ0) is 27.6. The molecule has 0 unspecified atom stereocenters. The highest BCUT2D eigenvalue weighted by atomic mass is 35.5. The maximum atomic E-state index is 13.3. The van der Waals surface area contributed by atoms with Crippen molar-refractivity contribution in [1.82, 2.24) is 0 Å². The molecule has 0 fully saturated rings. The van der Waals surface area contributed by atoms with Crippen LogP contribution in [0.1, 0.15) is 22.8 Å². The topological polar surface area (TPSA) is 138 Å². The number of aromatic hydroxyl groups is 1. The Hall–Kier alpha value is -3.70. The van der Waals surface area contributed by atoms with Gasteiger partial charge in [0, 0.05) is 21.5 Å². The summed E-state index contributed by atoms with van der Waals surface area (Å²) in [6.07, 6.45) is 0. The number of rotatable bonds is 7. The summed E-state index contributed by atoms with van der Waals surface area (Å²) in [5.74, 6) is -0.809. The van der Waals surface area contributed by atoms with E-state index in [9.17, 15) is 22.9 Å². The second-order valence-electron chi connectivity index (χ2n) is 8.11. The van der Waals surface area contributed by atoms with Gasteiger partial charge >= 0.3 is 0 Å². The number of aryl methyl sites for hydroxylation is 1. The predicted octanol–water partition coefficient (Wildman–Crippen LogP) is 7.47. The predicted molar refractivity (Wildman–Crippen MR) is 146 cm³/mol. The van der Waals surface area contributed by atoms with Crippen LogP contribution in [0.5, 0.6) is 11.5 Å². The van der Waals surface area contributed by atoms with Gasteiger partial charge in [-0.15, -0.1) is 10.2 Å². The Morgan fingerprint density at radius 3 is 2.50 bits per heavy atom. The number of phenols is 1. The van der Waals surface area contributed by atoms with Gasteiger partial charge in [-0.2, -0.15) is 8.42 Å². The summed E-state index contributed by atoms with van der Waals surface area (Å²) in [5.41, 5.74) is 0.284. The van der Waals surface area contributed by atoms with Gasteiger partial charge in [0.2, 0.25) is 0 Å². The quantitative estimate of drug-likeness (QED) is 0.155. The zero-order valence-corrected chi connectivity index (χ0v) is 22.4. The Kier molecular flexibility index (Phi) is 7.89. The van der Waals surface area contributed by atoms with Crippen LogP contribution in [0.15, 0.2) is 75.8 Å². The van der Waals surface area contributed by atoms with Crippen LogP contribution in [0.4, 0.5) is 17.1 Å². The lowest BCUT2D eigenvalue weighted by Gasteiger charge is -2.14. The van der Waals surface area contributed by atoms with Crippen molar-refractivity contribution in [2.75, 3.05) is 11.9 Å². The van der Waals surface area contributed by atoms with Crippen LogP contribution in [0.3, 0.4) is 0 Å². The third kappa shape index (κ3) is 5.73. The highest BCUT2D eigenvalue weighted by Gasteiger charge is 2.21. The molecule has 3 N–H and O–H groups in total. The van der Waals surface area contributed by atoms with Crippen LogP contribution in [-0.4, -0.2) is 30.6 Å². The third-order valence-electron chi connectivity index (χ3n) is 5.51. The molecule has 38 heavy (non-hydrogen) atoms. The van der Waals surface area contributed by atoms with Crippen LogP contribution < -0.4 is 10.1 Å².